The summed E-state index contributed by atoms with van der Waals surface area (Å²) >= 11 is 3.86. The first kappa shape index (κ1) is 68.9. The van der Waals surface area contributed by atoms with E-state index in [-0.39, 0.29) is 0 Å². The van der Waals surface area contributed by atoms with Crippen molar-refractivity contribution < 1.29 is 27.7 Å². The minimum Gasteiger partial charge on any atom is -0.378 e. The number of unbranched alkanes of at least 4 members (excludes halogenated alkanes) is 4. The Bertz CT molecular complexity index is 1830. The molecule has 3 aliphatic rings. The SMILES string of the molecule is C1COCCN1.CC(C)c1cccc(C(C)C)c1N1[CH-]N(c2c(C(C)C)cccc2C(C)C)CC1.CCCC[N+](CCCC)(CCCC)CCCC.Clc1ccccn1.[Cl][Pd]([Cl])[Cl].c1ccc(N2CCOCC2)nc1. The van der Waals surface area contributed by atoms with Crippen LogP contribution in [0.25, 0.3) is 0 Å². The van der Waals surface area contributed by atoms with Gasteiger partial charge in [-0.3, -0.25) is 0 Å². The van der Waals surface area contributed by atoms with E-state index in [1.807, 2.05) is 36.5 Å². The molecule has 14 heteroatoms. The maximum absolute atomic E-state index is 5.43. The molecule has 429 valence electrons. The molecule has 5 heterocycles. The quantitative estimate of drug-likeness (QED) is 0.0431. The van der Waals surface area contributed by atoms with Crippen LogP contribution in [-0.2, 0) is 23.2 Å². The number of halogens is 4. The van der Waals surface area contributed by atoms with Crippen molar-refractivity contribution >= 4 is 57.4 Å². The number of rotatable bonds is 19. The Kier molecular flexibility index (Phi) is 37.6. The van der Waals surface area contributed by atoms with E-state index in [1.54, 1.807) is 12.3 Å². The average Bonchev–Trinajstić information content (AvgIpc) is 3.92. The largest absolute Gasteiger partial charge is 0.378 e. The van der Waals surface area contributed by atoms with Crippen LogP contribution in [0, 0.1) is 6.67 Å². The Labute approximate surface area is 480 Å². The molecule has 0 aliphatic carbocycles. The van der Waals surface area contributed by atoms with Crippen LogP contribution in [0.3, 0.4) is 0 Å². The molecule has 2 aromatic carbocycles. The van der Waals surface area contributed by atoms with Crippen LogP contribution in [0.1, 0.15) is 180 Å². The molecule has 7 rings (SSSR count). The average molecular weight is 1210 g/mol. The van der Waals surface area contributed by atoms with E-state index >= 15 is 0 Å². The van der Waals surface area contributed by atoms with Crippen molar-refractivity contribution in [1.29, 1.82) is 0 Å². The van der Waals surface area contributed by atoms with Crippen molar-refractivity contribution in [3.8, 4) is 0 Å². The van der Waals surface area contributed by atoms with Gasteiger partial charge in [-0.1, -0.05) is 169 Å². The molecular formula is C61H100Cl4N7O2Pd. The van der Waals surface area contributed by atoms with Gasteiger partial charge in [-0.25, -0.2) is 9.97 Å². The first-order valence-electron chi connectivity index (χ1n) is 28.3. The van der Waals surface area contributed by atoms with Gasteiger partial charge in [0.15, 0.2) is 0 Å². The normalized spacial score (nSPS) is 14.7. The Morgan fingerprint density at radius 2 is 0.907 bits per heavy atom. The van der Waals surface area contributed by atoms with Crippen molar-refractivity contribution in [1.82, 2.24) is 15.3 Å². The molecule has 3 aliphatic heterocycles. The van der Waals surface area contributed by atoms with Gasteiger partial charge in [-0.2, -0.15) is 6.67 Å². The van der Waals surface area contributed by atoms with Gasteiger partial charge >= 0.3 is 42.3 Å². The van der Waals surface area contributed by atoms with E-state index in [1.165, 1.54) is 116 Å². The van der Waals surface area contributed by atoms with Gasteiger partial charge in [-0.05, 0) is 95.9 Å². The molecule has 0 spiro atoms. The van der Waals surface area contributed by atoms with Gasteiger partial charge in [0.05, 0.1) is 52.6 Å². The monoisotopic (exact) mass is 1210 g/mol. The predicted octanol–water partition coefficient (Wildman–Crippen LogP) is 17.0. The third-order valence-electron chi connectivity index (χ3n) is 13.5. The number of nitrogens with one attached hydrogen (secondary N) is 1. The summed E-state index contributed by atoms with van der Waals surface area (Å²) in [6.07, 6.45) is 14.5. The zero-order valence-corrected chi connectivity index (χ0v) is 52.9. The number of quaternary nitrogens is 1. The van der Waals surface area contributed by atoms with Crippen LogP contribution < -0.4 is 20.0 Å². The molecule has 0 unspecified atom stereocenters. The zero-order chi connectivity index (χ0) is 55.4. The van der Waals surface area contributed by atoms with Crippen molar-refractivity contribution in [2.24, 2.45) is 0 Å². The Morgan fingerprint density at radius 3 is 1.17 bits per heavy atom. The maximum Gasteiger partial charge on any atom is 0.128 e. The topological polar surface area (TPSA) is 66.0 Å². The summed E-state index contributed by atoms with van der Waals surface area (Å²) in [5.74, 6) is 3.11. The summed E-state index contributed by atoms with van der Waals surface area (Å²) in [5.41, 5.74) is 8.67. The number of hydrogen-bond donors (Lipinski definition) is 1. The number of nitrogens with zero attached hydrogens (tertiary/aromatic N) is 6. The van der Waals surface area contributed by atoms with Crippen LogP contribution in [0.5, 0.6) is 0 Å². The van der Waals surface area contributed by atoms with E-state index in [0.717, 1.165) is 71.5 Å². The fraction of sp³-hybridized carbons (Fsp3) is 0.623. The molecule has 9 nitrogen and oxygen atoms in total. The number of para-hydroxylation sites is 2. The van der Waals surface area contributed by atoms with E-state index in [0.29, 0.717) is 28.8 Å². The van der Waals surface area contributed by atoms with Crippen molar-refractivity contribution in [2.45, 2.75) is 158 Å². The molecular weight excluding hydrogens is 1110 g/mol. The van der Waals surface area contributed by atoms with Gasteiger partial charge in [0.2, 0.25) is 0 Å². The number of anilines is 3. The van der Waals surface area contributed by atoms with Crippen LogP contribution >= 0.6 is 40.2 Å². The second-order valence-corrected chi connectivity index (χ2v) is 28.2. The number of hydrogen-bond acceptors (Lipinski definition) is 8. The summed E-state index contributed by atoms with van der Waals surface area (Å²) in [7, 11) is 14.8. The summed E-state index contributed by atoms with van der Waals surface area (Å²) in [4.78, 5) is 15.3. The molecule has 0 saturated carbocycles. The van der Waals surface area contributed by atoms with E-state index in [9.17, 15) is 0 Å². The van der Waals surface area contributed by atoms with Gasteiger partial charge in [0, 0.05) is 63.0 Å². The molecule has 0 amide bonds. The van der Waals surface area contributed by atoms with Crippen LogP contribution in [0.15, 0.2) is 85.2 Å². The van der Waals surface area contributed by atoms with Gasteiger partial charge in [0.25, 0.3) is 0 Å². The third-order valence-corrected chi connectivity index (χ3v) is 13.7. The molecule has 3 fully saturated rings. The molecule has 4 aromatic rings. The minimum atomic E-state index is -1.57. The molecule has 0 atom stereocenters. The van der Waals surface area contributed by atoms with Crippen molar-refractivity contribution in [2.75, 3.05) is 107 Å². The Balaban J connectivity index is 0.000000352. The summed E-state index contributed by atoms with van der Waals surface area (Å²) in [6.45, 7) is 45.3. The fourth-order valence-electron chi connectivity index (χ4n) is 9.36. The number of aromatic nitrogens is 2. The number of benzene rings is 2. The Hall–Kier alpha value is -2.20. The second kappa shape index (κ2) is 40.9. The fourth-order valence-corrected chi connectivity index (χ4v) is 9.49. The second-order valence-electron chi connectivity index (χ2n) is 20.8. The molecule has 1 N–H and O–H groups in total. The van der Waals surface area contributed by atoms with Gasteiger partial charge in [-0.15, -0.1) is 0 Å². The van der Waals surface area contributed by atoms with Crippen LogP contribution in [0.4, 0.5) is 17.2 Å². The van der Waals surface area contributed by atoms with Gasteiger partial charge in [0.1, 0.15) is 11.0 Å². The van der Waals surface area contributed by atoms with E-state index in [2.05, 4.69) is 156 Å². The van der Waals surface area contributed by atoms with E-state index < -0.39 is 13.7 Å². The standard InChI is InChI=1S/C27H39N2.C16H36N.C9H12N2O.C5H4ClN.C4H9NO.3ClH.Pd/c1-18(2)22-11-9-12-23(19(3)4)26(22)28-15-16-29(17-28)27-24(20(5)6)13-10-14-25(27)21(7)8;1-5-9-13-17(14-10-6-2,15-11-7-3)16-12-8-4;1-2-4-10-9(3-1)11-5-7-12-8-6-11;6-5-3-1-2-4-7-5;1-3-6-4-2-5-1;;;;/h9-14,17-21H,15-16H2,1-8H3;5-16H2,1-4H3;1-4H,5-8H2;1-4H;5H,1-4H2;3*1H;/q-1;+1;;;;;;;+3/p-3. The van der Waals surface area contributed by atoms with E-state index in [4.69, 9.17) is 49.7 Å². The zero-order valence-electron chi connectivity index (χ0n) is 48.4. The number of morpholine rings is 2. The Morgan fingerprint density at radius 1 is 0.533 bits per heavy atom. The first-order valence-corrected chi connectivity index (χ1v) is 34.6. The molecule has 0 bridgehead atoms. The van der Waals surface area contributed by atoms with Crippen molar-refractivity contribution in [3.63, 3.8) is 0 Å². The van der Waals surface area contributed by atoms with Crippen molar-refractivity contribution in [3.05, 3.63) is 119 Å². The maximum atomic E-state index is 5.43. The predicted molar refractivity (Wildman–Crippen MR) is 325 cm³/mol. The summed E-state index contributed by atoms with van der Waals surface area (Å²) in [6, 6.07) is 25.1. The molecule has 3 saturated heterocycles. The minimum absolute atomic E-state index is 0.514. The van der Waals surface area contributed by atoms with Crippen LogP contribution in [-0.4, -0.2) is 106 Å². The summed E-state index contributed by atoms with van der Waals surface area (Å²) < 4.78 is 11.7. The summed E-state index contributed by atoms with van der Waals surface area (Å²) in [5, 5.41) is 3.70. The van der Waals surface area contributed by atoms with Gasteiger partial charge < -0.3 is 34.0 Å². The molecule has 75 heavy (non-hydrogen) atoms. The van der Waals surface area contributed by atoms with Crippen LogP contribution in [0.2, 0.25) is 5.15 Å². The number of pyridine rings is 2. The molecule has 2 aromatic heterocycles. The third kappa shape index (κ3) is 27.5. The number of ether oxygens (including phenoxy) is 2. The smallest absolute Gasteiger partial charge is 0.128 e. The first-order chi connectivity index (χ1) is 36.1. The molecule has 0 radical (unpaired) electrons.